The molecule has 128 valence electrons. The first-order valence-electron chi connectivity index (χ1n) is 8.38. The molecule has 0 aliphatic carbocycles. The van der Waals surface area contributed by atoms with Crippen molar-refractivity contribution in [2.45, 2.75) is 6.16 Å². The molecule has 0 bridgehead atoms. The van der Waals surface area contributed by atoms with Crippen molar-refractivity contribution in [3.05, 3.63) is 96.3 Å². The number of fused-ring (bicyclic) bond motifs is 1. The number of aldehydes is 1. The van der Waals surface area contributed by atoms with Gasteiger partial charge >= 0.3 is 0 Å². The van der Waals surface area contributed by atoms with Gasteiger partial charge in [-0.1, -0.05) is 78.9 Å². The summed E-state index contributed by atoms with van der Waals surface area (Å²) in [5.74, 6) is 0.248. The summed E-state index contributed by atoms with van der Waals surface area (Å²) in [6.07, 6.45) is 0.946. The molecule has 0 fully saturated rings. The zero-order valence-corrected chi connectivity index (χ0v) is 14.9. The van der Waals surface area contributed by atoms with Crippen molar-refractivity contribution in [2.75, 3.05) is 0 Å². The maximum atomic E-state index is 14.2. The number of benzene rings is 3. The van der Waals surface area contributed by atoms with Crippen LogP contribution in [-0.4, -0.2) is 6.29 Å². The van der Waals surface area contributed by atoms with Gasteiger partial charge in [0.1, 0.15) is 12.7 Å². The van der Waals surface area contributed by atoms with Gasteiger partial charge in [0.2, 0.25) is 0 Å². The lowest BCUT2D eigenvalue weighted by atomic mass is 10.1. The van der Waals surface area contributed by atoms with Crippen LogP contribution in [0, 0.1) is 0 Å². The number of rotatable bonds is 5. The van der Waals surface area contributed by atoms with Gasteiger partial charge in [0.05, 0.1) is 0 Å². The van der Waals surface area contributed by atoms with Gasteiger partial charge in [-0.2, -0.15) is 0 Å². The van der Waals surface area contributed by atoms with Gasteiger partial charge in [-0.15, -0.1) is 0 Å². The largest absolute Gasteiger partial charge is 0.453 e. The van der Waals surface area contributed by atoms with Crippen LogP contribution in [0.15, 0.2) is 89.3 Å². The van der Waals surface area contributed by atoms with Crippen LogP contribution in [0.4, 0.5) is 0 Å². The van der Waals surface area contributed by atoms with Gasteiger partial charge in [-0.25, -0.2) is 0 Å². The zero-order chi connectivity index (χ0) is 18.0. The summed E-state index contributed by atoms with van der Waals surface area (Å²) in [4.78, 5) is 11.6. The summed E-state index contributed by atoms with van der Waals surface area (Å²) in [7, 11) is -2.98. The SMILES string of the molecule is O=Cc1oc2ccccc2c1CP(=O)(c1ccccc1)c1ccccc1. The van der Waals surface area contributed by atoms with Gasteiger partial charge in [-0.05, 0) is 6.07 Å². The van der Waals surface area contributed by atoms with E-state index < -0.39 is 7.14 Å². The maximum absolute atomic E-state index is 14.2. The smallest absolute Gasteiger partial charge is 0.185 e. The molecular weight excluding hydrogens is 343 g/mol. The summed E-state index contributed by atoms with van der Waals surface area (Å²) < 4.78 is 19.9. The highest BCUT2D eigenvalue weighted by Crippen LogP contribution is 2.48. The van der Waals surface area contributed by atoms with Crippen molar-refractivity contribution in [3.8, 4) is 0 Å². The summed E-state index contributed by atoms with van der Waals surface area (Å²) in [5.41, 5.74) is 1.34. The topological polar surface area (TPSA) is 47.3 Å². The van der Waals surface area contributed by atoms with Gasteiger partial charge in [0.15, 0.2) is 12.0 Å². The number of hydrogen-bond donors (Lipinski definition) is 0. The third-order valence-electron chi connectivity index (χ3n) is 4.56. The molecule has 26 heavy (non-hydrogen) atoms. The molecule has 0 radical (unpaired) electrons. The Labute approximate surface area is 151 Å². The van der Waals surface area contributed by atoms with Crippen LogP contribution in [0.1, 0.15) is 16.1 Å². The van der Waals surface area contributed by atoms with Crippen LogP contribution < -0.4 is 10.6 Å². The molecule has 3 nitrogen and oxygen atoms in total. The van der Waals surface area contributed by atoms with E-state index in [1.807, 2.05) is 84.9 Å². The van der Waals surface area contributed by atoms with E-state index in [9.17, 15) is 9.36 Å². The molecule has 0 aliphatic rings. The second-order valence-electron chi connectivity index (χ2n) is 6.13. The van der Waals surface area contributed by atoms with Gasteiger partial charge < -0.3 is 8.98 Å². The van der Waals surface area contributed by atoms with E-state index in [1.165, 1.54) is 0 Å². The minimum absolute atomic E-state index is 0.242. The zero-order valence-electron chi connectivity index (χ0n) is 14.0. The molecule has 0 N–H and O–H groups in total. The summed E-state index contributed by atoms with van der Waals surface area (Å²) in [6, 6.07) is 26.4. The second kappa shape index (κ2) is 6.78. The predicted octanol–water partition coefficient (Wildman–Crippen LogP) is 4.76. The Morgan fingerprint density at radius 1 is 0.769 bits per heavy atom. The molecule has 0 aliphatic heterocycles. The lowest BCUT2D eigenvalue weighted by Crippen LogP contribution is -2.17. The lowest BCUT2D eigenvalue weighted by Gasteiger charge is -2.19. The van der Waals surface area contributed by atoms with Gasteiger partial charge in [0, 0.05) is 27.7 Å². The Hall–Kier alpha value is -2.90. The van der Waals surface area contributed by atoms with Crippen molar-refractivity contribution in [2.24, 2.45) is 0 Å². The van der Waals surface area contributed by atoms with Crippen LogP contribution in [0.3, 0.4) is 0 Å². The van der Waals surface area contributed by atoms with Crippen molar-refractivity contribution in [1.29, 1.82) is 0 Å². The Bertz CT molecular complexity index is 1050. The van der Waals surface area contributed by atoms with E-state index in [0.717, 1.165) is 16.0 Å². The molecule has 0 saturated heterocycles. The Balaban J connectivity index is 1.93. The normalized spacial score (nSPS) is 11.5. The predicted molar refractivity (Wildman–Crippen MR) is 105 cm³/mol. The van der Waals surface area contributed by atoms with Crippen LogP contribution in [0.25, 0.3) is 11.0 Å². The number of hydrogen-bond acceptors (Lipinski definition) is 3. The Morgan fingerprint density at radius 3 is 1.88 bits per heavy atom. The third-order valence-corrected chi connectivity index (χ3v) is 7.59. The standard InChI is InChI=1S/C22H17O3P/c23-15-22-20(19-13-7-8-14-21(19)25-22)16-26(24,17-9-3-1-4-10-17)18-11-5-2-6-12-18/h1-15H,16H2. The monoisotopic (exact) mass is 360 g/mol. The van der Waals surface area contributed by atoms with E-state index in [2.05, 4.69) is 0 Å². The average Bonchev–Trinajstić information content (AvgIpc) is 3.07. The van der Waals surface area contributed by atoms with E-state index in [4.69, 9.17) is 4.42 Å². The highest BCUT2D eigenvalue weighted by molar-refractivity contribution is 7.78. The van der Waals surface area contributed by atoms with Crippen molar-refractivity contribution in [1.82, 2.24) is 0 Å². The molecule has 0 spiro atoms. The molecule has 0 amide bonds. The number of furan rings is 1. The molecule has 0 saturated carbocycles. The molecule has 1 heterocycles. The number of carbonyl (C=O) groups is 1. The Kier molecular flexibility index (Phi) is 4.32. The van der Waals surface area contributed by atoms with Crippen LogP contribution in [-0.2, 0) is 10.7 Å². The van der Waals surface area contributed by atoms with Crippen molar-refractivity contribution < 1.29 is 13.8 Å². The molecule has 4 heteroatoms. The summed E-state index contributed by atoms with van der Waals surface area (Å²) in [6.45, 7) is 0. The van der Waals surface area contributed by atoms with E-state index in [1.54, 1.807) is 0 Å². The molecule has 0 atom stereocenters. The van der Waals surface area contributed by atoms with E-state index in [0.29, 0.717) is 17.4 Å². The molecule has 4 rings (SSSR count). The quantitative estimate of drug-likeness (QED) is 0.381. The van der Waals surface area contributed by atoms with Crippen LogP contribution in [0.5, 0.6) is 0 Å². The highest BCUT2D eigenvalue weighted by atomic mass is 31.2. The highest BCUT2D eigenvalue weighted by Gasteiger charge is 2.30. The maximum Gasteiger partial charge on any atom is 0.185 e. The number of carbonyl (C=O) groups excluding carboxylic acids is 1. The fourth-order valence-electron chi connectivity index (χ4n) is 3.27. The third kappa shape index (κ3) is 2.81. The molecular formula is C22H17O3P. The lowest BCUT2D eigenvalue weighted by molar-refractivity contribution is 0.110. The first-order valence-corrected chi connectivity index (χ1v) is 10.3. The van der Waals surface area contributed by atoms with Gasteiger partial charge in [-0.3, -0.25) is 4.79 Å². The first-order chi connectivity index (χ1) is 12.7. The number of para-hydroxylation sites is 1. The molecule has 1 aromatic heterocycles. The van der Waals surface area contributed by atoms with E-state index in [-0.39, 0.29) is 11.9 Å². The fraction of sp³-hybridized carbons (Fsp3) is 0.0455. The first kappa shape index (κ1) is 16.6. The minimum atomic E-state index is -2.98. The molecule has 4 aromatic rings. The van der Waals surface area contributed by atoms with Crippen LogP contribution >= 0.6 is 7.14 Å². The van der Waals surface area contributed by atoms with Crippen LogP contribution in [0.2, 0.25) is 0 Å². The second-order valence-corrected chi connectivity index (χ2v) is 8.96. The van der Waals surface area contributed by atoms with Crippen molar-refractivity contribution in [3.63, 3.8) is 0 Å². The van der Waals surface area contributed by atoms with Crippen molar-refractivity contribution >= 4 is 35.0 Å². The molecule has 3 aromatic carbocycles. The Morgan fingerprint density at radius 2 is 1.31 bits per heavy atom. The van der Waals surface area contributed by atoms with Gasteiger partial charge in [0.25, 0.3) is 0 Å². The summed E-state index contributed by atoms with van der Waals surface area (Å²) in [5, 5.41) is 2.38. The average molecular weight is 360 g/mol. The van der Waals surface area contributed by atoms with E-state index >= 15 is 0 Å². The molecule has 0 unspecified atom stereocenters. The summed E-state index contributed by atoms with van der Waals surface area (Å²) >= 11 is 0. The minimum Gasteiger partial charge on any atom is -0.453 e. The fourth-order valence-corrected chi connectivity index (χ4v) is 6.01.